The number of nitrogens with zero attached hydrogens (tertiary/aromatic N) is 6. The number of ether oxygens (including phenoxy) is 1. The fraction of sp³-hybridized carbons (Fsp3) is 0.438. The van der Waals surface area contributed by atoms with Gasteiger partial charge >= 0.3 is 0 Å². The molecule has 13 nitrogen and oxygen atoms in total. The Balaban J connectivity index is 0.820. The third kappa shape index (κ3) is 8.98. The number of aryl methyl sites for hydroxylation is 2. The van der Waals surface area contributed by atoms with Crippen LogP contribution in [-0.4, -0.2) is 97.4 Å². The molecule has 18 heteroatoms. The van der Waals surface area contributed by atoms with E-state index in [9.17, 15) is 18.5 Å². The average Bonchev–Trinajstić information content (AvgIpc) is 3.27. The van der Waals surface area contributed by atoms with Crippen molar-refractivity contribution in [1.29, 1.82) is 0 Å². The number of piperidine rings is 3. The van der Waals surface area contributed by atoms with Gasteiger partial charge in [-0.05, 0) is 122 Å². The van der Waals surface area contributed by atoms with Gasteiger partial charge in [-0.2, -0.15) is 4.98 Å². The predicted molar refractivity (Wildman–Crippen MR) is 256 cm³/mol. The molecule has 1 spiro atoms. The second kappa shape index (κ2) is 18.1. The summed E-state index contributed by atoms with van der Waals surface area (Å²) in [7, 11) is -1.28. The Bertz CT molecular complexity index is 2760. The molecule has 5 aromatic rings. The van der Waals surface area contributed by atoms with E-state index in [1.165, 1.54) is 18.2 Å². The van der Waals surface area contributed by atoms with Crippen LogP contribution in [0.15, 0.2) is 53.1 Å². The van der Waals surface area contributed by atoms with Crippen LogP contribution < -0.4 is 35.8 Å². The molecular weight excluding hydrogens is 934 g/mol. The summed E-state index contributed by atoms with van der Waals surface area (Å²) in [6, 6.07) is 12.3. The number of pyridine rings is 1. The number of likely N-dealkylation sites (tertiary alicyclic amines) is 1. The van der Waals surface area contributed by atoms with E-state index >= 15 is 8.78 Å². The van der Waals surface area contributed by atoms with Crippen molar-refractivity contribution in [1.82, 2.24) is 25.2 Å². The maximum atomic E-state index is 15.3. The summed E-state index contributed by atoms with van der Waals surface area (Å²) in [5.74, 6) is -2.64. The van der Waals surface area contributed by atoms with Crippen LogP contribution >= 0.6 is 23.1 Å². The number of nitrogens with one attached hydrogen (secondary N) is 3. The lowest BCUT2D eigenvalue weighted by Gasteiger charge is -2.57. The van der Waals surface area contributed by atoms with E-state index in [2.05, 4.69) is 70.7 Å². The first kappa shape index (κ1) is 45.9. The zero-order valence-corrected chi connectivity index (χ0v) is 40.2. The standard InChI is InChI=1S/C48H54BrF3N9O4P/c1-6-28-19-39(56-47-53-24-33(49)45(58-47)55-38-9-8-37-32(44(38)66(4,5)64)22-34(50)27(2)54-37)41(65-3)23-40(28)60-15-11-29(12-16-60)61-25-48(26-61)13-17-59(18-14-48)30-20-35(51)43(36(52)21-30)31-7-10-42(62)57-46(31)63/h8-9,19-24,29,31H,6-7,10-18,25-26H2,1-5H3,(H,57,62,63)(H2,53,55,56,58)/t31-/m1/s1. The van der Waals surface area contributed by atoms with Crippen LogP contribution in [0.4, 0.5) is 47.7 Å². The molecule has 0 bridgehead atoms. The summed E-state index contributed by atoms with van der Waals surface area (Å²) in [6.45, 7) is 12.3. The molecule has 0 aliphatic carbocycles. The molecule has 4 aliphatic rings. The third-order valence-electron chi connectivity index (χ3n) is 13.9. The van der Waals surface area contributed by atoms with Gasteiger partial charge in [0.1, 0.15) is 36.2 Å². The number of hydrogen-bond donors (Lipinski definition) is 3. The van der Waals surface area contributed by atoms with Gasteiger partial charge in [-0.3, -0.25) is 24.8 Å². The number of carbonyl (C=O) groups excluding carboxylic acids is 2. The van der Waals surface area contributed by atoms with E-state index in [4.69, 9.17) is 9.72 Å². The SMILES string of the molecule is CCc1cc(Nc2ncc(Br)c(Nc3ccc4nc(C)c(F)cc4c3P(C)(C)=O)n2)c(OC)cc1N1CCC(N2CC3(CCN(c4cc(F)c([C@H]5CCC(=O)NC5=O)c(F)c4)CC3)C2)CC1. The number of halogens is 4. The Hall–Kier alpha value is -5.25. The smallest absolute Gasteiger partial charge is 0.234 e. The lowest BCUT2D eigenvalue weighted by atomic mass is 9.70. The van der Waals surface area contributed by atoms with Gasteiger partial charge in [-0.25, -0.2) is 18.2 Å². The topological polar surface area (TPSA) is 145 Å². The van der Waals surface area contributed by atoms with Crippen LogP contribution in [0.25, 0.3) is 10.9 Å². The van der Waals surface area contributed by atoms with Crippen molar-refractivity contribution in [3.8, 4) is 5.75 Å². The molecule has 4 saturated heterocycles. The summed E-state index contributed by atoms with van der Waals surface area (Å²) in [4.78, 5) is 44.7. The fourth-order valence-electron chi connectivity index (χ4n) is 10.4. The molecule has 348 valence electrons. The zero-order valence-electron chi connectivity index (χ0n) is 37.7. The van der Waals surface area contributed by atoms with Crippen molar-refractivity contribution >= 4 is 85.6 Å². The first-order valence-corrected chi connectivity index (χ1v) is 25.9. The summed E-state index contributed by atoms with van der Waals surface area (Å²) in [5.41, 5.74) is 4.80. The molecule has 0 radical (unpaired) electrons. The summed E-state index contributed by atoms with van der Waals surface area (Å²) in [6.07, 6.45) is 6.52. The molecule has 3 aromatic carbocycles. The molecule has 4 fully saturated rings. The highest BCUT2D eigenvalue weighted by molar-refractivity contribution is 9.10. The van der Waals surface area contributed by atoms with E-state index in [0.29, 0.717) is 74.4 Å². The average molecular weight is 989 g/mol. The highest BCUT2D eigenvalue weighted by atomic mass is 79.9. The number of hydrogen-bond acceptors (Lipinski definition) is 12. The lowest BCUT2D eigenvalue weighted by molar-refractivity contribution is -0.134. The first-order valence-electron chi connectivity index (χ1n) is 22.5. The van der Waals surface area contributed by atoms with Crippen molar-refractivity contribution in [2.75, 3.05) is 80.1 Å². The Morgan fingerprint density at radius 2 is 1.62 bits per heavy atom. The van der Waals surface area contributed by atoms with E-state index in [1.54, 1.807) is 45.7 Å². The van der Waals surface area contributed by atoms with E-state index in [1.807, 2.05) is 4.90 Å². The van der Waals surface area contributed by atoms with E-state index < -0.39 is 42.3 Å². The van der Waals surface area contributed by atoms with Crippen LogP contribution in [0.2, 0.25) is 0 Å². The van der Waals surface area contributed by atoms with Crippen LogP contribution in [0.3, 0.4) is 0 Å². The number of anilines is 6. The van der Waals surface area contributed by atoms with Crippen molar-refractivity contribution < 1.29 is 32.1 Å². The van der Waals surface area contributed by atoms with Crippen molar-refractivity contribution in [3.63, 3.8) is 0 Å². The van der Waals surface area contributed by atoms with Gasteiger partial charge in [0.2, 0.25) is 17.8 Å². The zero-order chi connectivity index (χ0) is 46.7. The molecule has 1 atom stereocenters. The third-order valence-corrected chi connectivity index (χ3v) is 16.0. The van der Waals surface area contributed by atoms with E-state index in [0.717, 1.165) is 69.5 Å². The number of imide groups is 1. The largest absolute Gasteiger partial charge is 0.494 e. The van der Waals surface area contributed by atoms with Gasteiger partial charge in [-0.1, -0.05) is 6.92 Å². The van der Waals surface area contributed by atoms with Gasteiger partial charge in [0.25, 0.3) is 0 Å². The predicted octanol–water partition coefficient (Wildman–Crippen LogP) is 8.91. The Morgan fingerprint density at radius 1 is 0.909 bits per heavy atom. The quantitative estimate of drug-likeness (QED) is 0.0859. The fourth-order valence-corrected chi connectivity index (χ4v) is 12.1. The molecule has 0 unspecified atom stereocenters. The second-order valence-corrected chi connectivity index (χ2v) is 22.6. The molecule has 4 aliphatic heterocycles. The molecule has 0 saturated carbocycles. The maximum absolute atomic E-state index is 15.3. The number of fused-ring (bicyclic) bond motifs is 1. The van der Waals surface area contributed by atoms with Crippen LogP contribution in [-0.2, 0) is 20.6 Å². The Kier molecular flexibility index (Phi) is 12.6. The van der Waals surface area contributed by atoms with Gasteiger partial charge < -0.3 is 29.7 Å². The lowest BCUT2D eigenvalue weighted by Crippen LogP contribution is -2.64. The summed E-state index contributed by atoms with van der Waals surface area (Å²) < 4.78 is 65.5. The summed E-state index contributed by atoms with van der Waals surface area (Å²) in [5, 5.41) is 9.85. The maximum Gasteiger partial charge on any atom is 0.234 e. The Labute approximate surface area is 390 Å². The molecule has 9 rings (SSSR count). The minimum Gasteiger partial charge on any atom is -0.494 e. The molecule has 2 amide bonds. The van der Waals surface area contributed by atoms with Gasteiger partial charge in [0, 0.05) is 91.6 Å². The number of aromatic nitrogens is 3. The van der Waals surface area contributed by atoms with Crippen molar-refractivity contribution in [3.05, 3.63) is 87.4 Å². The van der Waals surface area contributed by atoms with Crippen LogP contribution in [0.1, 0.15) is 68.2 Å². The molecule has 6 heterocycles. The first-order chi connectivity index (χ1) is 31.5. The Morgan fingerprint density at radius 3 is 2.27 bits per heavy atom. The highest BCUT2D eigenvalue weighted by Crippen LogP contribution is 2.46. The van der Waals surface area contributed by atoms with E-state index in [-0.39, 0.29) is 29.5 Å². The molecule has 3 N–H and O–H groups in total. The van der Waals surface area contributed by atoms with Crippen LogP contribution in [0.5, 0.6) is 5.75 Å². The number of amides is 2. The van der Waals surface area contributed by atoms with Crippen LogP contribution in [0, 0.1) is 29.8 Å². The minimum absolute atomic E-state index is 0.0577. The molecular formula is C48H54BrF3N9O4P. The molecule has 66 heavy (non-hydrogen) atoms. The minimum atomic E-state index is -2.92. The van der Waals surface area contributed by atoms with Gasteiger partial charge in [-0.15, -0.1) is 0 Å². The number of rotatable bonds is 11. The van der Waals surface area contributed by atoms with Gasteiger partial charge in [0.05, 0.1) is 40.1 Å². The van der Waals surface area contributed by atoms with Gasteiger partial charge in [0.15, 0.2) is 0 Å². The molecule has 2 aromatic heterocycles. The number of carbonyl (C=O) groups is 2. The monoisotopic (exact) mass is 987 g/mol. The number of benzene rings is 3. The van der Waals surface area contributed by atoms with Crippen molar-refractivity contribution in [2.45, 2.75) is 70.8 Å². The number of methoxy groups -OCH3 is 1. The van der Waals surface area contributed by atoms with Crippen molar-refractivity contribution in [2.24, 2.45) is 5.41 Å². The second-order valence-electron chi connectivity index (χ2n) is 18.5. The highest BCUT2D eigenvalue weighted by Gasteiger charge is 2.47. The summed E-state index contributed by atoms with van der Waals surface area (Å²) >= 11 is 3.56. The normalized spacial score (nSPS) is 19.3.